The van der Waals surface area contributed by atoms with Gasteiger partial charge in [0.25, 0.3) is 0 Å². The Labute approximate surface area is 119 Å². The minimum absolute atomic E-state index is 0. The van der Waals surface area contributed by atoms with Gasteiger partial charge in [-0.3, -0.25) is 0 Å². The number of aryl methyl sites for hydroxylation is 1. The van der Waals surface area contributed by atoms with Gasteiger partial charge in [0.05, 0.1) is 6.61 Å². The van der Waals surface area contributed by atoms with E-state index < -0.39 is 4.92 Å². The first kappa shape index (κ1) is 24.9. The fraction of sp³-hybridized carbons (Fsp3) is 0.500. The minimum atomic E-state index is -0.518. The zero-order valence-electron chi connectivity index (χ0n) is 8.38. The van der Waals surface area contributed by atoms with Crippen LogP contribution in [0.3, 0.4) is 0 Å². The maximum absolute atomic E-state index is 10.4. The summed E-state index contributed by atoms with van der Waals surface area (Å²) in [6.45, 7) is 1.74. The van der Waals surface area contributed by atoms with Crippen molar-refractivity contribution in [2.45, 2.75) is 13.5 Å². The third-order valence-electron chi connectivity index (χ3n) is 1.54. The summed E-state index contributed by atoms with van der Waals surface area (Å²) in [5, 5.41) is 19.0. The molecule has 0 bridgehead atoms. The molecule has 7 nitrogen and oxygen atoms in total. The normalized spacial score (nSPS) is 7.62. The summed E-state index contributed by atoms with van der Waals surface area (Å²) in [5.74, 6) is 0.456. The molecule has 1 rings (SSSR count). The number of nitrogens with zero attached hydrogens (tertiary/aromatic N) is 3. The summed E-state index contributed by atoms with van der Waals surface area (Å²) < 4.78 is 1.36. The monoisotopic (exact) mass is 453 g/mol. The van der Waals surface area contributed by atoms with Gasteiger partial charge in [-0.1, -0.05) is 0 Å². The van der Waals surface area contributed by atoms with Gasteiger partial charge in [0, 0.05) is 6.92 Å². The average Bonchev–Trinajstić information content (AvgIpc) is 2.34. The van der Waals surface area contributed by atoms with Gasteiger partial charge < -0.3 is 46.2 Å². The number of aliphatic hydroxyl groups is 1. The van der Waals surface area contributed by atoms with Crippen LogP contribution in [0.15, 0.2) is 6.20 Å². The Morgan fingerprint density at radius 1 is 1.56 bits per heavy atom. The van der Waals surface area contributed by atoms with E-state index in [2.05, 4.69) is 4.98 Å². The predicted molar refractivity (Wildman–Crippen MR) is 45.7 cm³/mol. The van der Waals surface area contributed by atoms with Gasteiger partial charge in [0.2, 0.25) is 0 Å². The Morgan fingerprint density at radius 2 is 2.06 bits per heavy atom. The van der Waals surface area contributed by atoms with Crippen molar-refractivity contribution in [3.8, 4) is 0 Å². The molecule has 0 saturated carbocycles. The molecule has 0 aliphatic carbocycles. The summed E-state index contributed by atoms with van der Waals surface area (Å²) in [4.78, 5) is 13.6. The molecule has 4 N–H and O–H groups in total. The van der Waals surface area contributed by atoms with Crippen LogP contribution in [0.2, 0.25) is 0 Å². The van der Waals surface area contributed by atoms with Gasteiger partial charge in [-0.25, -0.2) is 9.55 Å². The van der Waals surface area contributed by atoms with Crippen LogP contribution in [-0.4, -0.2) is 26.2 Å². The molecule has 0 aromatic carbocycles. The quantitative estimate of drug-likeness (QED) is 0.349. The summed E-state index contributed by atoms with van der Waals surface area (Å²) >= 11 is 0. The number of aliphatic hydroxyl groups excluding tert-OH is 1. The first-order valence-corrected chi connectivity index (χ1v) is 3.44. The third-order valence-corrected chi connectivity index (χ3v) is 1.54. The van der Waals surface area contributed by atoms with Crippen LogP contribution in [0, 0.1) is 17.0 Å². The molecule has 0 unspecified atom stereocenters. The molecule has 0 amide bonds. The third kappa shape index (κ3) is 5.77. The molecule has 98 valence electrons. The molecule has 1 aromatic rings. The number of aromatic nitrogens is 2. The Kier molecular flexibility index (Phi) is 17.5. The van der Waals surface area contributed by atoms with Crippen LogP contribution in [0.1, 0.15) is 5.82 Å². The fourth-order valence-corrected chi connectivity index (χ4v) is 0.978. The maximum Gasteiger partial charge on any atom is 2.00 e. The van der Waals surface area contributed by atoms with E-state index in [0.717, 1.165) is 0 Å². The molecule has 0 radical (unpaired) electrons. The summed E-state index contributed by atoms with van der Waals surface area (Å²) in [6.07, 6.45) is 1.19. The molecule has 10 heteroatoms. The second-order valence-electron chi connectivity index (χ2n) is 2.30. The Bertz CT molecular complexity index is 310. The second kappa shape index (κ2) is 11.3. The van der Waals surface area contributed by atoms with Gasteiger partial charge in [-0.15, -0.1) is 0 Å². The van der Waals surface area contributed by atoms with Crippen LogP contribution < -0.4 is 31.0 Å². The first-order chi connectivity index (χ1) is 5.66. The van der Waals surface area contributed by atoms with E-state index in [0.29, 0.717) is 5.82 Å². The molecule has 0 atom stereocenters. The zero-order valence-corrected chi connectivity index (χ0v) is 12.2. The van der Waals surface area contributed by atoms with Gasteiger partial charge in [0.1, 0.15) is 12.7 Å². The van der Waals surface area contributed by atoms with Crippen molar-refractivity contribution in [2.75, 3.05) is 6.61 Å². The van der Waals surface area contributed by atoms with Crippen LogP contribution >= 0.6 is 0 Å². The topological polar surface area (TPSA) is 116 Å². The molecule has 1 aromatic heterocycles. The maximum atomic E-state index is 10.4. The Balaban J connectivity index is -0.000000180. The van der Waals surface area contributed by atoms with Crippen LogP contribution in [0.5, 0.6) is 0 Å². The van der Waals surface area contributed by atoms with Gasteiger partial charge >= 0.3 is 26.9 Å². The van der Waals surface area contributed by atoms with Crippen molar-refractivity contribution in [3.05, 3.63) is 22.1 Å². The predicted octanol–water partition coefficient (Wildman–Crippen LogP) is -5.74. The number of hydrogen-bond acceptors (Lipinski definition) is 5. The largest absolute Gasteiger partial charge is 2.00 e. The smallest absolute Gasteiger partial charge is 1.00 e. The van der Waals surface area contributed by atoms with E-state index in [1.54, 1.807) is 6.92 Å². The van der Waals surface area contributed by atoms with Crippen molar-refractivity contribution in [1.82, 2.24) is 15.7 Å². The van der Waals surface area contributed by atoms with E-state index in [1.165, 1.54) is 10.8 Å². The Morgan fingerprint density at radius 3 is 2.44 bits per heavy atom. The number of hydrogen-bond donors (Lipinski definition) is 2. The second-order valence-corrected chi connectivity index (χ2v) is 2.30. The minimum Gasteiger partial charge on any atom is -1.00 e. The van der Waals surface area contributed by atoms with Crippen LogP contribution in [0.25, 0.3) is 0 Å². The molecular formula is C6H12Cl2N4O3Pt. The molecule has 0 fully saturated rings. The van der Waals surface area contributed by atoms with E-state index >= 15 is 0 Å². The number of nitro groups is 1. The molecule has 0 aliphatic rings. The number of imidazole rings is 1. The van der Waals surface area contributed by atoms with E-state index in [-0.39, 0.29) is 71.0 Å². The van der Waals surface area contributed by atoms with E-state index in [1.807, 2.05) is 0 Å². The van der Waals surface area contributed by atoms with Crippen molar-refractivity contribution in [1.29, 1.82) is 0 Å². The molecule has 0 saturated heterocycles. The van der Waals surface area contributed by atoms with E-state index in [9.17, 15) is 10.1 Å². The Hall–Kier alpha value is -0.202. The number of rotatable bonds is 3. The van der Waals surface area contributed by atoms with E-state index in [4.69, 9.17) is 5.11 Å². The molecular weight excluding hydrogens is 442 g/mol. The SMILES string of the molecule is Cc1ncc([N+](=O)[O-])n1CCO.N.[Cl-].[Cl-].[Pt+2]. The summed E-state index contributed by atoms with van der Waals surface area (Å²) in [7, 11) is 0. The standard InChI is InChI=1S/C6H9N3O3.2ClH.H3N.Pt/c1-5-7-4-6(9(11)12)8(5)2-3-10;;;;/h4,10H,2-3H2,1H3;2*1H;1H3;/q;;;;+2/p-2. The van der Waals surface area contributed by atoms with Gasteiger partial charge in [-0.2, -0.15) is 0 Å². The van der Waals surface area contributed by atoms with Crippen molar-refractivity contribution < 1.29 is 55.9 Å². The average molecular weight is 454 g/mol. The first-order valence-electron chi connectivity index (χ1n) is 3.44. The zero-order chi connectivity index (χ0) is 9.14. The molecule has 0 aliphatic heterocycles. The van der Waals surface area contributed by atoms with Gasteiger partial charge in [-0.05, 0) is 4.92 Å². The molecule has 1 heterocycles. The van der Waals surface area contributed by atoms with Crippen molar-refractivity contribution >= 4 is 5.82 Å². The van der Waals surface area contributed by atoms with Crippen molar-refractivity contribution in [2.24, 2.45) is 0 Å². The molecule has 0 spiro atoms. The fourth-order valence-electron chi connectivity index (χ4n) is 0.978. The van der Waals surface area contributed by atoms with Crippen LogP contribution in [0.4, 0.5) is 5.82 Å². The van der Waals surface area contributed by atoms with Crippen LogP contribution in [-0.2, 0) is 27.6 Å². The summed E-state index contributed by atoms with van der Waals surface area (Å²) in [6, 6.07) is 0. The van der Waals surface area contributed by atoms with Crippen molar-refractivity contribution in [3.63, 3.8) is 0 Å². The number of halogens is 2. The summed E-state index contributed by atoms with van der Waals surface area (Å²) in [5.41, 5.74) is 0. The molecule has 16 heavy (non-hydrogen) atoms. The van der Waals surface area contributed by atoms with Gasteiger partial charge in [0.15, 0.2) is 5.82 Å².